The molecule has 172 valence electrons. The van der Waals surface area contributed by atoms with Gasteiger partial charge in [0.15, 0.2) is 0 Å². The minimum absolute atomic E-state index is 0.133. The van der Waals surface area contributed by atoms with Gasteiger partial charge in [-0.3, -0.25) is 9.59 Å². The Bertz CT molecular complexity index is 920. The second-order valence-electron chi connectivity index (χ2n) is 8.26. The maximum absolute atomic E-state index is 13.9. The quantitative estimate of drug-likeness (QED) is 0.514. The maximum Gasteiger partial charge on any atom is 0.242 e. The standard InChI is InChI=1S/C25H30ClFN2O2S/c1-18(25(31)28-22-11-3-2-4-12-22)29(15-19-8-7-10-21(26)14-19)24(30)17-32-16-20-9-5-6-13-23(20)27/h5-10,13-14,18,22H,2-4,11-12,15-17H2,1H3,(H,28,31)/t18-/m1/s1. The highest BCUT2D eigenvalue weighted by atomic mass is 35.5. The molecule has 0 bridgehead atoms. The van der Waals surface area contributed by atoms with E-state index >= 15 is 0 Å². The summed E-state index contributed by atoms with van der Waals surface area (Å²) in [6, 6.07) is 13.4. The molecule has 3 rings (SSSR count). The highest BCUT2D eigenvalue weighted by molar-refractivity contribution is 7.99. The first kappa shape index (κ1) is 24.6. The lowest BCUT2D eigenvalue weighted by Crippen LogP contribution is -2.50. The van der Waals surface area contributed by atoms with E-state index in [1.54, 1.807) is 42.2 Å². The van der Waals surface area contributed by atoms with Crippen LogP contribution in [0.15, 0.2) is 48.5 Å². The van der Waals surface area contributed by atoms with Crippen molar-refractivity contribution in [1.82, 2.24) is 10.2 Å². The number of carbonyl (C=O) groups excluding carboxylic acids is 2. The van der Waals surface area contributed by atoms with Crippen LogP contribution in [-0.2, 0) is 21.9 Å². The zero-order valence-corrected chi connectivity index (χ0v) is 19.9. The summed E-state index contributed by atoms with van der Waals surface area (Å²) in [7, 11) is 0. The van der Waals surface area contributed by atoms with Gasteiger partial charge in [0, 0.05) is 23.4 Å². The van der Waals surface area contributed by atoms with E-state index in [2.05, 4.69) is 5.32 Å². The fraction of sp³-hybridized carbons (Fsp3) is 0.440. The maximum atomic E-state index is 13.9. The highest BCUT2D eigenvalue weighted by Crippen LogP contribution is 2.20. The second kappa shape index (κ2) is 12.3. The molecule has 0 spiro atoms. The van der Waals surface area contributed by atoms with Crippen LogP contribution in [0.1, 0.15) is 50.2 Å². The van der Waals surface area contributed by atoms with Gasteiger partial charge in [-0.2, -0.15) is 0 Å². The average Bonchev–Trinajstić information content (AvgIpc) is 2.79. The van der Waals surface area contributed by atoms with E-state index in [9.17, 15) is 14.0 Å². The normalized spacial score (nSPS) is 15.2. The van der Waals surface area contributed by atoms with E-state index in [1.807, 2.05) is 12.1 Å². The Morgan fingerprint density at radius 2 is 1.91 bits per heavy atom. The zero-order valence-electron chi connectivity index (χ0n) is 18.4. The Labute approximate surface area is 198 Å². The summed E-state index contributed by atoms with van der Waals surface area (Å²) in [6.45, 7) is 2.06. The molecule has 0 saturated heterocycles. The number of carbonyl (C=O) groups is 2. The van der Waals surface area contributed by atoms with Crippen LogP contribution in [0.25, 0.3) is 0 Å². The summed E-state index contributed by atoms with van der Waals surface area (Å²) in [5, 5.41) is 3.71. The minimum Gasteiger partial charge on any atom is -0.352 e. The van der Waals surface area contributed by atoms with Crippen molar-refractivity contribution in [3.05, 3.63) is 70.5 Å². The van der Waals surface area contributed by atoms with Crippen molar-refractivity contribution in [3.8, 4) is 0 Å². The van der Waals surface area contributed by atoms with Gasteiger partial charge in [-0.15, -0.1) is 11.8 Å². The molecule has 0 aliphatic heterocycles. The lowest BCUT2D eigenvalue weighted by Gasteiger charge is -2.31. The molecule has 7 heteroatoms. The third-order valence-corrected chi connectivity index (χ3v) is 7.00. The van der Waals surface area contributed by atoms with Crippen LogP contribution < -0.4 is 5.32 Å². The lowest BCUT2D eigenvalue weighted by molar-refractivity contribution is -0.139. The smallest absolute Gasteiger partial charge is 0.242 e. The average molecular weight is 477 g/mol. The molecule has 1 aliphatic carbocycles. The molecule has 0 aromatic heterocycles. The SMILES string of the molecule is C[C@H](C(=O)NC1CCCCC1)N(Cc1cccc(Cl)c1)C(=O)CSCc1ccccc1F. The number of nitrogens with zero attached hydrogens (tertiary/aromatic N) is 1. The van der Waals surface area contributed by atoms with E-state index in [1.165, 1.54) is 24.2 Å². The van der Waals surface area contributed by atoms with Crippen molar-refractivity contribution >= 4 is 35.2 Å². The van der Waals surface area contributed by atoms with Gasteiger partial charge in [0.1, 0.15) is 11.9 Å². The highest BCUT2D eigenvalue weighted by Gasteiger charge is 2.28. The molecular formula is C25H30ClFN2O2S. The number of benzene rings is 2. The topological polar surface area (TPSA) is 49.4 Å². The molecule has 32 heavy (non-hydrogen) atoms. The summed E-state index contributed by atoms with van der Waals surface area (Å²) < 4.78 is 13.9. The van der Waals surface area contributed by atoms with Crippen molar-refractivity contribution in [2.24, 2.45) is 0 Å². The van der Waals surface area contributed by atoms with E-state index in [4.69, 9.17) is 11.6 Å². The van der Waals surface area contributed by atoms with Gasteiger partial charge in [-0.1, -0.05) is 61.2 Å². The van der Waals surface area contributed by atoms with E-state index in [0.717, 1.165) is 31.2 Å². The molecule has 1 saturated carbocycles. The molecule has 4 nitrogen and oxygen atoms in total. The Hall–Kier alpha value is -2.05. The summed E-state index contributed by atoms with van der Waals surface area (Å²) in [5.74, 6) is -0.00499. The minimum atomic E-state index is -0.613. The van der Waals surface area contributed by atoms with Gasteiger partial charge < -0.3 is 10.2 Å². The Balaban J connectivity index is 1.66. The largest absolute Gasteiger partial charge is 0.352 e. The molecule has 2 aromatic rings. The summed E-state index contributed by atoms with van der Waals surface area (Å²) in [4.78, 5) is 27.7. The number of hydrogen-bond acceptors (Lipinski definition) is 3. The second-order valence-corrected chi connectivity index (χ2v) is 9.68. The van der Waals surface area contributed by atoms with Gasteiger partial charge in [0.25, 0.3) is 0 Å². The van der Waals surface area contributed by atoms with Crippen LogP contribution >= 0.6 is 23.4 Å². The van der Waals surface area contributed by atoms with Gasteiger partial charge in [-0.25, -0.2) is 4.39 Å². The Morgan fingerprint density at radius 1 is 1.16 bits per heavy atom. The fourth-order valence-corrected chi connectivity index (χ4v) is 5.04. The van der Waals surface area contributed by atoms with Crippen LogP contribution in [0.3, 0.4) is 0 Å². The first-order valence-electron chi connectivity index (χ1n) is 11.1. The molecular weight excluding hydrogens is 447 g/mol. The summed E-state index contributed by atoms with van der Waals surface area (Å²) in [6.07, 6.45) is 5.42. The van der Waals surface area contributed by atoms with Crippen molar-refractivity contribution in [2.45, 2.75) is 63.4 Å². The predicted octanol–water partition coefficient (Wildman–Crippen LogP) is 5.58. The summed E-state index contributed by atoms with van der Waals surface area (Å²) in [5.41, 5.74) is 1.43. The zero-order chi connectivity index (χ0) is 22.9. The Morgan fingerprint density at radius 3 is 2.62 bits per heavy atom. The molecule has 0 radical (unpaired) electrons. The molecule has 2 amide bonds. The van der Waals surface area contributed by atoms with Crippen LogP contribution in [-0.4, -0.2) is 34.6 Å². The number of amides is 2. The molecule has 1 aliphatic rings. The monoisotopic (exact) mass is 476 g/mol. The molecule has 0 unspecified atom stereocenters. The third-order valence-electron chi connectivity index (χ3n) is 5.80. The predicted molar refractivity (Wildman–Crippen MR) is 129 cm³/mol. The van der Waals surface area contributed by atoms with Crippen molar-refractivity contribution in [2.75, 3.05) is 5.75 Å². The number of hydrogen-bond donors (Lipinski definition) is 1. The molecule has 1 fully saturated rings. The lowest BCUT2D eigenvalue weighted by atomic mass is 9.95. The third kappa shape index (κ3) is 7.24. The first-order valence-corrected chi connectivity index (χ1v) is 12.6. The van der Waals surface area contributed by atoms with Crippen LogP contribution in [0.5, 0.6) is 0 Å². The van der Waals surface area contributed by atoms with Crippen LogP contribution in [0.2, 0.25) is 5.02 Å². The van der Waals surface area contributed by atoms with Gasteiger partial charge >= 0.3 is 0 Å². The van der Waals surface area contributed by atoms with Crippen molar-refractivity contribution in [1.29, 1.82) is 0 Å². The van der Waals surface area contributed by atoms with E-state index in [-0.39, 0.29) is 29.4 Å². The van der Waals surface area contributed by atoms with Gasteiger partial charge in [-0.05, 0) is 49.1 Å². The van der Waals surface area contributed by atoms with Crippen molar-refractivity contribution in [3.63, 3.8) is 0 Å². The number of rotatable bonds is 9. The summed E-state index contributed by atoms with van der Waals surface area (Å²) >= 11 is 7.47. The first-order chi connectivity index (χ1) is 15.4. The number of halogens is 2. The van der Waals surface area contributed by atoms with Crippen LogP contribution in [0, 0.1) is 5.82 Å². The molecule has 2 aromatic carbocycles. The molecule has 0 heterocycles. The van der Waals surface area contributed by atoms with E-state index in [0.29, 0.717) is 22.9 Å². The Kier molecular flexibility index (Phi) is 9.42. The molecule has 1 atom stereocenters. The van der Waals surface area contributed by atoms with Crippen molar-refractivity contribution < 1.29 is 14.0 Å². The molecule has 1 N–H and O–H groups in total. The fourth-order valence-electron chi connectivity index (χ4n) is 3.93. The van der Waals surface area contributed by atoms with Gasteiger partial charge in [0.2, 0.25) is 11.8 Å². The van der Waals surface area contributed by atoms with Gasteiger partial charge in [0.05, 0.1) is 5.75 Å². The number of thioether (sulfide) groups is 1. The van der Waals surface area contributed by atoms with Crippen LogP contribution in [0.4, 0.5) is 4.39 Å². The van der Waals surface area contributed by atoms with E-state index < -0.39 is 6.04 Å². The number of nitrogens with one attached hydrogen (secondary N) is 1.